The van der Waals surface area contributed by atoms with E-state index >= 15 is 26.3 Å². The summed E-state index contributed by atoms with van der Waals surface area (Å²) < 4.78 is 95.7. The molecule has 0 aliphatic rings. The average molecular weight is 1070 g/mol. The predicted octanol–water partition coefficient (Wildman–Crippen LogP) is 15.9. The number of benzene rings is 9. The van der Waals surface area contributed by atoms with Gasteiger partial charge < -0.3 is 4.57 Å². The molecule has 0 saturated heterocycles. The second-order valence-electron chi connectivity index (χ2n) is 18.4. The van der Waals surface area contributed by atoms with Gasteiger partial charge in [0, 0.05) is 49.7 Å². The number of fused-ring (bicyclic) bond motifs is 3. The van der Waals surface area contributed by atoms with Crippen LogP contribution in [-0.2, 0) is 12.4 Å². The Labute approximate surface area is 457 Å². The summed E-state index contributed by atoms with van der Waals surface area (Å²) in [5, 5.41) is 61.9. The Hall–Kier alpha value is -11.7. The summed E-state index contributed by atoms with van der Waals surface area (Å²) >= 11 is 0. The Kier molecular flexibility index (Phi) is 12.9. The van der Waals surface area contributed by atoms with E-state index in [4.69, 9.17) is 15.0 Å². The summed E-state index contributed by atoms with van der Waals surface area (Å²) in [6.45, 7) is 0. The molecule has 0 aliphatic heterocycles. The number of nitrogens with zero attached hydrogens (tertiary/aromatic N) is 10. The molecule has 0 amide bonds. The first-order chi connectivity index (χ1) is 39.1. The monoisotopic (exact) mass is 1060 g/mol. The summed E-state index contributed by atoms with van der Waals surface area (Å²) in [6, 6.07) is 56.6. The molecular weight excluding hydrogens is 1030 g/mol. The highest BCUT2D eigenvalue weighted by Crippen LogP contribution is 2.50. The SMILES string of the molecule is N#Cc1cc(C#N)c(-c2ccc3c(c2)c2cc(-c4c(C#N)cc(C#N)cc4C#N)ccc2n3-c2c(-c3ccccc3C(F)(F)F)cc(-c3nc(-c4ccccc4)nc(-c4ccccc4)n3)cc2-c2ccccc2C(F)(F)F)c(C#N)c1. The summed E-state index contributed by atoms with van der Waals surface area (Å²) in [5.74, 6) is 0.236. The third-order valence-corrected chi connectivity index (χ3v) is 13.7. The van der Waals surface area contributed by atoms with Crippen LogP contribution in [-0.4, -0.2) is 19.5 Å². The van der Waals surface area contributed by atoms with Crippen molar-refractivity contribution < 1.29 is 26.3 Å². The topological polar surface area (TPSA) is 186 Å². The van der Waals surface area contributed by atoms with Crippen LogP contribution in [0.25, 0.3) is 106 Å². The van der Waals surface area contributed by atoms with Crippen LogP contribution >= 0.6 is 0 Å². The fourth-order valence-electron chi connectivity index (χ4n) is 10.2. The lowest BCUT2D eigenvalue weighted by molar-refractivity contribution is -0.137. The number of rotatable bonds is 8. The molecule has 11 aromatic rings. The highest BCUT2D eigenvalue weighted by Gasteiger charge is 2.38. The van der Waals surface area contributed by atoms with E-state index in [1.807, 2.05) is 12.1 Å². The standard InChI is InChI=1S/C65H30F6N10/c66-64(67,68)54-17-9-7-15-48(54)52-29-43(63-79-61(39-11-3-1-4-12-39)78-62(80-63)40-13-5-2-6-14-40)30-53(49-16-8-10-18-55(49)65(69,70)71)60(52)81-56-21-19-41(58-44(33-74)23-37(31-72)24-45(58)34-75)27-50(56)51-28-42(20-22-57(51)81)59-46(35-76)25-38(32-73)26-47(59)36-77/h1-30H. The average Bonchev–Trinajstić information content (AvgIpc) is 4.11. The van der Waals surface area contributed by atoms with Crippen LogP contribution in [0, 0.1) is 68.0 Å². The van der Waals surface area contributed by atoms with Crippen molar-refractivity contribution in [1.29, 1.82) is 31.6 Å². The summed E-state index contributed by atoms with van der Waals surface area (Å²) in [7, 11) is 0. The van der Waals surface area contributed by atoms with E-state index in [1.54, 1.807) is 97.1 Å². The van der Waals surface area contributed by atoms with Gasteiger partial charge in [0.1, 0.15) is 0 Å². The summed E-state index contributed by atoms with van der Waals surface area (Å²) in [5.41, 5.74) is -1.46. The fraction of sp³-hybridized carbons (Fsp3) is 0.0308. The lowest BCUT2D eigenvalue weighted by Crippen LogP contribution is -2.11. The quantitative estimate of drug-likeness (QED) is 0.133. The van der Waals surface area contributed by atoms with Crippen molar-refractivity contribution in [1.82, 2.24) is 19.5 Å². The minimum atomic E-state index is -5.03. The van der Waals surface area contributed by atoms with Gasteiger partial charge in [0.05, 0.1) is 97.6 Å². The molecule has 0 bridgehead atoms. The zero-order valence-corrected chi connectivity index (χ0v) is 41.6. The molecule has 16 heteroatoms. The van der Waals surface area contributed by atoms with Crippen molar-refractivity contribution in [3.63, 3.8) is 0 Å². The first-order valence-corrected chi connectivity index (χ1v) is 24.4. The zero-order chi connectivity index (χ0) is 56.7. The van der Waals surface area contributed by atoms with Crippen LogP contribution in [0.2, 0.25) is 0 Å². The highest BCUT2D eigenvalue weighted by molar-refractivity contribution is 6.13. The molecule has 0 unspecified atom stereocenters. The van der Waals surface area contributed by atoms with E-state index in [9.17, 15) is 31.6 Å². The minimum Gasteiger partial charge on any atom is -0.308 e. The maximum atomic E-state index is 15.7. The van der Waals surface area contributed by atoms with E-state index in [2.05, 4.69) is 24.3 Å². The van der Waals surface area contributed by atoms with Crippen molar-refractivity contribution >= 4 is 21.8 Å². The van der Waals surface area contributed by atoms with Gasteiger partial charge in [-0.15, -0.1) is 0 Å². The first-order valence-electron chi connectivity index (χ1n) is 24.4. The molecule has 0 N–H and O–H groups in total. The molecular formula is C65H30F6N10. The molecule has 2 heterocycles. The molecule has 2 aromatic heterocycles. The third-order valence-electron chi connectivity index (χ3n) is 13.7. The number of hydrogen-bond donors (Lipinski definition) is 0. The van der Waals surface area contributed by atoms with E-state index in [-0.39, 0.29) is 107 Å². The summed E-state index contributed by atoms with van der Waals surface area (Å²) in [6.07, 6.45) is -10.1. The normalized spacial score (nSPS) is 11.3. The second-order valence-corrected chi connectivity index (χ2v) is 18.4. The molecule has 382 valence electrons. The van der Waals surface area contributed by atoms with Gasteiger partial charge in [-0.2, -0.15) is 57.9 Å². The molecule has 0 aliphatic carbocycles. The van der Waals surface area contributed by atoms with Crippen molar-refractivity contribution in [2.75, 3.05) is 0 Å². The molecule has 0 fully saturated rings. The fourth-order valence-corrected chi connectivity index (χ4v) is 10.2. The first kappa shape index (κ1) is 51.4. The van der Waals surface area contributed by atoms with Gasteiger partial charge in [-0.3, -0.25) is 0 Å². The van der Waals surface area contributed by atoms with Gasteiger partial charge in [-0.25, -0.2) is 15.0 Å². The van der Waals surface area contributed by atoms with Crippen molar-refractivity contribution in [3.05, 3.63) is 226 Å². The van der Waals surface area contributed by atoms with E-state index in [0.717, 1.165) is 12.1 Å². The predicted molar refractivity (Wildman–Crippen MR) is 291 cm³/mol. The van der Waals surface area contributed by atoms with Gasteiger partial charge in [-0.05, 0) is 95.1 Å². The molecule has 0 saturated carbocycles. The number of nitriles is 6. The van der Waals surface area contributed by atoms with Crippen LogP contribution in [0.15, 0.2) is 182 Å². The lowest BCUT2D eigenvalue weighted by atomic mass is 9.88. The van der Waals surface area contributed by atoms with Crippen molar-refractivity contribution in [2.45, 2.75) is 12.4 Å². The Bertz CT molecular complexity index is 4340. The molecule has 0 atom stereocenters. The molecule has 81 heavy (non-hydrogen) atoms. The van der Waals surface area contributed by atoms with Crippen LogP contribution in [0.5, 0.6) is 0 Å². The maximum absolute atomic E-state index is 15.7. The van der Waals surface area contributed by atoms with Crippen LogP contribution in [0.1, 0.15) is 44.5 Å². The van der Waals surface area contributed by atoms with E-state index in [0.29, 0.717) is 21.9 Å². The second kappa shape index (κ2) is 20.4. The molecule has 0 radical (unpaired) electrons. The number of aromatic nitrogens is 4. The number of halogens is 6. The van der Waals surface area contributed by atoms with Crippen LogP contribution in [0.3, 0.4) is 0 Å². The van der Waals surface area contributed by atoms with E-state index < -0.39 is 34.6 Å². The molecule has 11 rings (SSSR count). The zero-order valence-electron chi connectivity index (χ0n) is 41.6. The van der Waals surface area contributed by atoms with Gasteiger partial charge in [-0.1, -0.05) is 109 Å². The lowest BCUT2D eigenvalue weighted by Gasteiger charge is -2.24. The third kappa shape index (κ3) is 9.24. The molecule has 0 spiro atoms. The highest BCUT2D eigenvalue weighted by atomic mass is 19.4. The Morgan fingerprint density at radius 3 is 1.02 bits per heavy atom. The Morgan fingerprint density at radius 2 is 0.679 bits per heavy atom. The summed E-state index contributed by atoms with van der Waals surface area (Å²) in [4.78, 5) is 14.5. The smallest absolute Gasteiger partial charge is 0.308 e. The van der Waals surface area contributed by atoms with Gasteiger partial charge in [0.15, 0.2) is 17.5 Å². The van der Waals surface area contributed by atoms with Crippen molar-refractivity contribution in [3.8, 4) is 121 Å². The maximum Gasteiger partial charge on any atom is 0.417 e. The van der Waals surface area contributed by atoms with Crippen LogP contribution < -0.4 is 0 Å². The van der Waals surface area contributed by atoms with Crippen LogP contribution in [0.4, 0.5) is 26.3 Å². The van der Waals surface area contributed by atoms with E-state index in [1.165, 1.54) is 77.4 Å². The minimum absolute atomic E-state index is 0.0163. The molecule has 9 aromatic carbocycles. The Balaban J connectivity index is 1.34. The number of alkyl halides is 6. The van der Waals surface area contributed by atoms with Crippen molar-refractivity contribution in [2.24, 2.45) is 0 Å². The van der Waals surface area contributed by atoms with Gasteiger partial charge >= 0.3 is 12.4 Å². The van der Waals surface area contributed by atoms with Gasteiger partial charge in [0.2, 0.25) is 0 Å². The Morgan fingerprint density at radius 1 is 0.333 bits per heavy atom. The number of hydrogen-bond acceptors (Lipinski definition) is 9. The largest absolute Gasteiger partial charge is 0.417 e. The molecule has 10 nitrogen and oxygen atoms in total. The van der Waals surface area contributed by atoms with Gasteiger partial charge in [0.25, 0.3) is 0 Å².